The smallest absolute Gasteiger partial charge is 0.267 e. The average Bonchev–Trinajstić information content (AvgIpc) is 2.35. The van der Waals surface area contributed by atoms with Crippen LogP contribution in [-0.4, -0.2) is 9.78 Å². The van der Waals surface area contributed by atoms with Gasteiger partial charge in [0, 0.05) is 0 Å². The van der Waals surface area contributed by atoms with Crippen LogP contribution >= 0.6 is 31.9 Å². The summed E-state index contributed by atoms with van der Waals surface area (Å²) >= 11 is 6.14. The second-order valence-corrected chi connectivity index (χ2v) is 5.03. The van der Waals surface area contributed by atoms with Crippen molar-refractivity contribution in [2.45, 2.75) is 6.54 Å². The predicted octanol–water partition coefficient (Wildman–Crippen LogP) is 2.11. The first-order valence-electron chi connectivity index (χ1n) is 4.81. The first-order valence-corrected chi connectivity index (χ1v) is 6.40. The van der Waals surface area contributed by atoms with Crippen LogP contribution in [0, 0.1) is 0 Å². The molecule has 0 saturated heterocycles. The molecule has 0 aliphatic heterocycles. The number of nitrogens with one attached hydrogen (secondary N) is 1. The Morgan fingerprint density at radius 3 is 2.35 bits per heavy atom. The van der Waals surface area contributed by atoms with Crippen LogP contribution in [-0.2, 0) is 6.54 Å². The van der Waals surface area contributed by atoms with E-state index < -0.39 is 0 Å². The molecule has 0 spiro atoms. The number of aromatic nitrogens is 2. The fraction of sp³-hybridized carbons (Fsp3) is 0.0909. The lowest BCUT2D eigenvalue weighted by molar-refractivity contribution is 0.621. The number of hydrogen-bond donors (Lipinski definition) is 1. The van der Waals surface area contributed by atoms with Crippen molar-refractivity contribution in [2.24, 2.45) is 0 Å². The Morgan fingerprint density at radius 2 is 1.71 bits per heavy atom. The molecule has 17 heavy (non-hydrogen) atoms. The molecule has 2 aromatic rings. The highest BCUT2D eigenvalue weighted by atomic mass is 79.9. The molecule has 0 radical (unpaired) electrons. The minimum atomic E-state index is -0.340. The van der Waals surface area contributed by atoms with E-state index in [-0.39, 0.29) is 20.1 Å². The van der Waals surface area contributed by atoms with Gasteiger partial charge >= 0.3 is 0 Å². The number of rotatable bonds is 2. The maximum absolute atomic E-state index is 11.9. The lowest BCUT2D eigenvalue weighted by Gasteiger charge is -2.06. The minimum absolute atomic E-state index is 0.215. The van der Waals surface area contributed by atoms with Gasteiger partial charge in [-0.15, -0.1) is 0 Å². The van der Waals surface area contributed by atoms with Gasteiger partial charge in [0.25, 0.3) is 11.1 Å². The van der Waals surface area contributed by atoms with E-state index in [1.165, 1.54) is 4.68 Å². The van der Waals surface area contributed by atoms with E-state index in [0.29, 0.717) is 6.54 Å². The Morgan fingerprint density at radius 1 is 1.06 bits per heavy atom. The lowest BCUT2D eigenvalue weighted by atomic mass is 10.2. The zero-order valence-corrected chi connectivity index (χ0v) is 11.8. The molecule has 6 heteroatoms. The Hall–Kier alpha value is -1.14. The van der Waals surface area contributed by atoms with Gasteiger partial charge in [0.2, 0.25) is 0 Å². The molecule has 0 bridgehead atoms. The molecular weight excluding hydrogens is 352 g/mol. The van der Waals surface area contributed by atoms with Crippen molar-refractivity contribution in [3.8, 4) is 0 Å². The van der Waals surface area contributed by atoms with Crippen molar-refractivity contribution in [1.29, 1.82) is 0 Å². The van der Waals surface area contributed by atoms with Crippen LogP contribution in [0.1, 0.15) is 5.56 Å². The van der Waals surface area contributed by atoms with Gasteiger partial charge in [-0.1, -0.05) is 30.3 Å². The van der Waals surface area contributed by atoms with E-state index in [9.17, 15) is 9.59 Å². The van der Waals surface area contributed by atoms with Crippen molar-refractivity contribution in [3.05, 3.63) is 65.5 Å². The third-order valence-corrected chi connectivity index (χ3v) is 4.27. The molecule has 0 atom stereocenters. The number of benzene rings is 1. The Kier molecular flexibility index (Phi) is 3.63. The van der Waals surface area contributed by atoms with Crippen molar-refractivity contribution in [1.82, 2.24) is 9.78 Å². The number of hydrogen-bond acceptors (Lipinski definition) is 2. The first-order chi connectivity index (χ1) is 8.09. The van der Waals surface area contributed by atoms with Gasteiger partial charge < -0.3 is 0 Å². The van der Waals surface area contributed by atoms with Crippen LogP contribution < -0.4 is 11.1 Å². The van der Waals surface area contributed by atoms with Crippen LogP contribution in [0.15, 0.2) is 48.9 Å². The first kappa shape index (κ1) is 12.3. The van der Waals surface area contributed by atoms with E-state index in [4.69, 9.17) is 0 Å². The molecule has 0 aliphatic carbocycles. The Labute approximate surface area is 114 Å². The largest absolute Gasteiger partial charge is 0.281 e. The fourth-order valence-corrected chi connectivity index (χ4v) is 2.06. The highest BCUT2D eigenvalue weighted by Crippen LogP contribution is 2.13. The van der Waals surface area contributed by atoms with Crippen molar-refractivity contribution in [2.75, 3.05) is 0 Å². The van der Waals surface area contributed by atoms with Crippen molar-refractivity contribution in [3.63, 3.8) is 0 Å². The summed E-state index contributed by atoms with van der Waals surface area (Å²) in [4.78, 5) is 23.4. The molecule has 2 rings (SSSR count). The van der Waals surface area contributed by atoms with Crippen molar-refractivity contribution < 1.29 is 0 Å². The summed E-state index contributed by atoms with van der Waals surface area (Å²) in [5, 5.41) is 2.50. The second kappa shape index (κ2) is 5.01. The fourth-order valence-electron chi connectivity index (χ4n) is 1.41. The van der Waals surface area contributed by atoms with Crippen LogP contribution in [0.25, 0.3) is 0 Å². The minimum Gasteiger partial charge on any atom is -0.267 e. The maximum Gasteiger partial charge on any atom is 0.281 e. The summed E-state index contributed by atoms with van der Waals surface area (Å²) < 4.78 is 1.72. The number of halogens is 2. The topological polar surface area (TPSA) is 54.9 Å². The van der Waals surface area contributed by atoms with E-state index in [0.717, 1.165) is 5.56 Å². The van der Waals surface area contributed by atoms with Gasteiger partial charge in [-0.2, -0.15) is 0 Å². The van der Waals surface area contributed by atoms with E-state index >= 15 is 0 Å². The Balaban J connectivity index is 2.48. The van der Waals surface area contributed by atoms with Gasteiger partial charge in [-0.25, -0.2) is 4.68 Å². The monoisotopic (exact) mass is 358 g/mol. The van der Waals surface area contributed by atoms with Gasteiger partial charge in [-0.05, 0) is 37.4 Å². The SMILES string of the molecule is O=c1[nH]n(Cc2ccccc2)c(=O)c(Br)c1Br. The van der Waals surface area contributed by atoms with Crippen molar-refractivity contribution >= 4 is 31.9 Å². The van der Waals surface area contributed by atoms with Gasteiger partial charge in [-0.3, -0.25) is 14.7 Å². The standard InChI is InChI=1S/C11H8Br2N2O2/c12-8-9(13)11(17)15(14-10(8)16)6-7-4-2-1-3-5-7/h1-5H,6H2,(H,14,16). The maximum atomic E-state index is 11.9. The molecule has 4 nitrogen and oxygen atoms in total. The number of nitrogens with zero attached hydrogens (tertiary/aromatic N) is 1. The van der Waals surface area contributed by atoms with Crippen LogP contribution in [0.4, 0.5) is 0 Å². The molecule has 0 amide bonds. The summed E-state index contributed by atoms with van der Waals surface area (Å²) in [6.45, 7) is 0.334. The third kappa shape index (κ3) is 2.58. The molecule has 1 aromatic heterocycles. The van der Waals surface area contributed by atoms with E-state index in [1.807, 2.05) is 30.3 Å². The molecule has 88 valence electrons. The molecule has 1 aromatic carbocycles. The summed E-state index contributed by atoms with van der Waals surface area (Å²) in [5.41, 5.74) is 0.326. The van der Waals surface area contributed by atoms with Crippen LogP contribution in [0.5, 0.6) is 0 Å². The van der Waals surface area contributed by atoms with Crippen LogP contribution in [0.3, 0.4) is 0 Å². The molecular formula is C11H8Br2N2O2. The summed E-state index contributed by atoms with van der Waals surface area (Å²) in [5.74, 6) is 0. The van der Waals surface area contributed by atoms with E-state index in [1.54, 1.807) is 0 Å². The molecule has 0 fully saturated rings. The highest BCUT2D eigenvalue weighted by molar-refractivity contribution is 9.13. The third-order valence-electron chi connectivity index (χ3n) is 2.24. The van der Waals surface area contributed by atoms with Gasteiger partial charge in [0.05, 0.1) is 6.54 Å². The summed E-state index contributed by atoms with van der Waals surface area (Å²) in [6.07, 6.45) is 0. The second-order valence-electron chi connectivity index (χ2n) is 3.45. The quantitative estimate of drug-likeness (QED) is 0.892. The molecule has 0 saturated carbocycles. The number of H-pyrrole nitrogens is 1. The average molecular weight is 360 g/mol. The molecule has 1 N–H and O–H groups in total. The normalized spacial score (nSPS) is 10.5. The Bertz CT molecular complexity index is 647. The van der Waals surface area contributed by atoms with Crippen LogP contribution in [0.2, 0.25) is 0 Å². The summed E-state index contributed by atoms with van der Waals surface area (Å²) in [6, 6.07) is 9.44. The summed E-state index contributed by atoms with van der Waals surface area (Å²) in [7, 11) is 0. The van der Waals surface area contributed by atoms with E-state index in [2.05, 4.69) is 37.0 Å². The molecule has 0 aliphatic rings. The zero-order valence-electron chi connectivity index (χ0n) is 8.61. The molecule has 1 heterocycles. The number of aromatic amines is 1. The highest BCUT2D eigenvalue weighted by Gasteiger charge is 2.09. The predicted molar refractivity (Wildman–Crippen MR) is 72.3 cm³/mol. The van der Waals surface area contributed by atoms with Gasteiger partial charge in [0.1, 0.15) is 8.95 Å². The lowest BCUT2D eigenvalue weighted by Crippen LogP contribution is -2.31. The zero-order chi connectivity index (χ0) is 12.4. The van der Waals surface area contributed by atoms with Gasteiger partial charge in [0.15, 0.2) is 0 Å². The molecule has 0 unspecified atom stereocenters.